The highest BCUT2D eigenvalue weighted by atomic mass is 35.5. The van der Waals surface area contributed by atoms with Crippen molar-refractivity contribution in [3.8, 4) is 0 Å². The van der Waals surface area contributed by atoms with Crippen molar-refractivity contribution in [1.82, 2.24) is 9.78 Å². The molecule has 0 aliphatic rings. The Labute approximate surface area is 65.8 Å². The molecule has 0 aromatic carbocycles. The Hall–Kier alpha value is -0.500. The molecule has 0 N–H and O–H groups in total. The maximum Gasteiger partial charge on any atom is 0.0639 e. The van der Waals surface area contributed by atoms with Crippen molar-refractivity contribution in [2.75, 3.05) is 0 Å². The summed E-state index contributed by atoms with van der Waals surface area (Å²) >= 11 is 5.77. The molecule has 1 atom stereocenters. The van der Waals surface area contributed by atoms with Crippen LogP contribution in [0.1, 0.15) is 12.6 Å². The minimum atomic E-state index is 0.176. The molecule has 0 fully saturated rings. The van der Waals surface area contributed by atoms with Crippen LogP contribution in [0.15, 0.2) is 12.3 Å². The van der Waals surface area contributed by atoms with E-state index in [0.717, 1.165) is 12.1 Å². The van der Waals surface area contributed by atoms with E-state index in [-0.39, 0.29) is 5.38 Å². The molecular weight excluding hydrogens is 148 g/mol. The molecule has 1 aromatic rings. The minimum Gasteiger partial charge on any atom is -0.276 e. The normalized spacial score (nSPS) is 13.5. The Kier molecular flexibility index (Phi) is 2.33. The minimum absolute atomic E-state index is 0.176. The van der Waals surface area contributed by atoms with E-state index in [4.69, 9.17) is 11.6 Å². The summed E-state index contributed by atoms with van der Waals surface area (Å²) in [6.45, 7) is 1.97. The molecule has 0 aliphatic heterocycles. The van der Waals surface area contributed by atoms with Gasteiger partial charge in [-0.2, -0.15) is 5.10 Å². The molecule has 0 aliphatic carbocycles. The summed E-state index contributed by atoms with van der Waals surface area (Å²) in [5.74, 6) is 0. The van der Waals surface area contributed by atoms with Crippen molar-refractivity contribution in [2.45, 2.75) is 18.7 Å². The lowest BCUT2D eigenvalue weighted by molar-refractivity contribution is 0.735. The standard InChI is InChI=1S/C7H11ClN2/c1-6(8)5-7-3-4-10(2)9-7/h3-4,6H,5H2,1-2H3. The van der Waals surface area contributed by atoms with Crippen molar-refractivity contribution in [1.29, 1.82) is 0 Å². The highest BCUT2D eigenvalue weighted by Crippen LogP contribution is 2.03. The van der Waals surface area contributed by atoms with Crippen LogP contribution in [0.3, 0.4) is 0 Å². The lowest BCUT2D eigenvalue weighted by atomic mass is 10.2. The smallest absolute Gasteiger partial charge is 0.0639 e. The van der Waals surface area contributed by atoms with Gasteiger partial charge in [-0.3, -0.25) is 4.68 Å². The highest BCUT2D eigenvalue weighted by molar-refractivity contribution is 6.20. The largest absolute Gasteiger partial charge is 0.276 e. The lowest BCUT2D eigenvalue weighted by Gasteiger charge is -1.96. The molecule has 1 rings (SSSR count). The van der Waals surface area contributed by atoms with Gasteiger partial charge in [0.25, 0.3) is 0 Å². The van der Waals surface area contributed by atoms with Gasteiger partial charge < -0.3 is 0 Å². The first-order valence-electron chi connectivity index (χ1n) is 3.31. The Morgan fingerprint density at radius 1 is 1.80 bits per heavy atom. The zero-order valence-electron chi connectivity index (χ0n) is 6.21. The molecule has 56 valence electrons. The number of halogens is 1. The number of aromatic nitrogens is 2. The van der Waals surface area contributed by atoms with Crippen LogP contribution in [-0.4, -0.2) is 15.2 Å². The molecule has 0 bridgehead atoms. The fraction of sp³-hybridized carbons (Fsp3) is 0.571. The summed E-state index contributed by atoms with van der Waals surface area (Å²) in [7, 11) is 1.91. The SMILES string of the molecule is CC(Cl)Cc1ccn(C)n1. The topological polar surface area (TPSA) is 17.8 Å². The zero-order chi connectivity index (χ0) is 7.56. The molecule has 0 spiro atoms. The van der Waals surface area contributed by atoms with Crippen molar-refractivity contribution < 1.29 is 0 Å². The van der Waals surface area contributed by atoms with E-state index >= 15 is 0 Å². The first-order valence-corrected chi connectivity index (χ1v) is 3.74. The summed E-state index contributed by atoms with van der Waals surface area (Å²) in [4.78, 5) is 0. The van der Waals surface area contributed by atoms with Crippen LogP contribution in [-0.2, 0) is 13.5 Å². The van der Waals surface area contributed by atoms with E-state index in [1.165, 1.54) is 0 Å². The quantitative estimate of drug-likeness (QED) is 0.598. The molecule has 3 heteroatoms. The first-order chi connectivity index (χ1) is 4.68. The molecule has 0 saturated carbocycles. The molecule has 0 amide bonds. The van der Waals surface area contributed by atoms with Gasteiger partial charge in [-0.05, 0) is 13.0 Å². The van der Waals surface area contributed by atoms with E-state index in [1.807, 2.05) is 26.2 Å². The van der Waals surface area contributed by atoms with E-state index in [0.29, 0.717) is 0 Å². The Balaban J connectivity index is 2.58. The number of hydrogen-bond donors (Lipinski definition) is 0. The van der Waals surface area contributed by atoms with Crippen molar-refractivity contribution in [2.24, 2.45) is 7.05 Å². The van der Waals surface area contributed by atoms with Gasteiger partial charge in [-0.15, -0.1) is 11.6 Å². The fourth-order valence-electron chi connectivity index (χ4n) is 0.860. The van der Waals surface area contributed by atoms with E-state index in [2.05, 4.69) is 5.10 Å². The second-order valence-corrected chi connectivity index (χ2v) is 3.21. The van der Waals surface area contributed by atoms with Gasteiger partial charge in [-0.1, -0.05) is 0 Å². The Morgan fingerprint density at radius 2 is 2.50 bits per heavy atom. The molecule has 1 unspecified atom stereocenters. The van der Waals surface area contributed by atoms with E-state index in [1.54, 1.807) is 4.68 Å². The second-order valence-electron chi connectivity index (χ2n) is 2.47. The highest BCUT2D eigenvalue weighted by Gasteiger charge is 2.00. The molecule has 10 heavy (non-hydrogen) atoms. The number of rotatable bonds is 2. The van der Waals surface area contributed by atoms with Crippen LogP contribution >= 0.6 is 11.6 Å². The molecule has 0 radical (unpaired) electrons. The molecule has 2 nitrogen and oxygen atoms in total. The average molecular weight is 159 g/mol. The fourth-order valence-corrected chi connectivity index (χ4v) is 1.02. The van der Waals surface area contributed by atoms with Crippen LogP contribution < -0.4 is 0 Å². The summed E-state index contributed by atoms with van der Waals surface area (Å²) in [6, 6.07) is 1.98. The van der Waals surface area contributed by atoms with Crippen LogP contribution in [0.2, 0.25) is 0 Å². The Bertz CT molecular complexity index is 205. The number of hydrogen-bond acceptors (Lipinski definition) is 1. The molecular formula is C7H11ClN2. The second kappa shape index (κ2) is 3.06. The molecule has 0 saturated heterocycles. The van der Waals surface area contributed by atoms with Crippen LogP contribution in [0.25, 0.3) is 0 Å². The maximum absolute atomic E-state index is 5.77. The van der Waals surface area contributed by atoms with Gasteiger partial charge >= 0.3 is 0 Å². The monoisotopic (exact) mass is 158 g/mol. The third-order valence-corrected chi connectivity index (χ3v) is 1.41. The Morgan fingerprint density at radius 3 is 2.90 bits per heavy atom. The predicted octanol–water partition coefficient (Wildman–Crippen LogP) is 1.59. The van der Waals surface area contributed by atoms with Gasteiger partial charge in [-0.25, -0.2) is 0 Å². The van der Waals surface area contributed by atoms with Crippen LogP contribution in [0.5, 0.6) is 0 Å². The lowest BCUT2D eigenvalue weighted by Crippen LogP contribution is -1.98. The number of alkyl halides is 1. The van der Waals surface area contributed by atoms with Crippen molar-refractivity contribution in [3.05, 3.63) is 18.0 Å². The van der Waals surface area contributed by atoms with Gasteiger partial charge in [0.15, 0.2) is 0 Å². The summed E-state index contributed by atoms with van der Waals surface area (Å²) in [5, 5.41) is 4.36. The summed E-state index contributed by atoms with van der Waals surface area (Å²) < 4.78 is 1.79. The first kappa shape index (κ1) is 7.61. The van der Waals surface area contributed by atoms with Crippen LogP contribution in [0, 0.1) is 0 Å². The number of aryl methyl sites for hydroxylation is 1. The summed E-state index contributed by atoms with van der Waals surface area (Å²) in [6.07, 6.45) is 2.77. The third kappa shape index (κ3) is 2.03. The van der Waals surface area contributed by atoms with Crippen LogP contribution in [0.4, 0.5) is 0 Å². The summed E-state index contributed by atoms with van der Waals surface area (Å²) in [5.41, 5.74) is 1.06. The average Bonchev–Trinajstić information content (AvgIpc) is 2.13. The van der Waals surface area contributed by atoms with Crippen molar-refractivity contribution in [3.63, 3.8) is 0 Å². The zero-order valence-corrected chi connectivity index (χ0v) is 6.97. The van der Waals surface area contributed by atoms with Gasteiger partial charge in [0.2, 0.25) is 0 Å². The molecule has 1 aromatic heterocycles. The third-order valence-electron chi connectivity index (χ3n) is 1.26. The maximum atomic E-state index is 5.77. The van der Waals surface area contributed by atoms with Gasteiger partial charge in [0.1, 0.15) is 0 Å². The van der Waals surface area contributed by atoms with E-state index in [9.17, 15) is 0 Å². The van der Waals surface area contributed by atoms with Gasteiger partial charge in [0.05, 0.1) is 5.69 Å². The van der Waals surface area contributed by atoms with Crippen molar-refractivity contribution >= 4 is 11.6 Å². The van der Waals surface area contributed by atoms with E-state index < -0.39 is 0 Å². The predicted molar refractivity (Wildman–Crippen MR) is 42.2 cm³/mol. The van der Waals surface area contributed by atoms with Gasteiger partial charge in [0, 0.05) is 25.0 Å². The number of nitrogens with zero attached hydrogens (tertiary/aromatic N) is 2. The molecule has 1 heterocycles.